The standard InChI is InChI=1S/C52H34/c1-4-10-35(11-5-1)41-20-16-38-17-21-42(29-45(38)28-41)43-22-18-39-24-27-50-49(51(39)33-43)26-25-40-19-23-44(34-52(40)50)48-31-46(36-12-6-2-7-13-36)30-47(32-48)37-14-8-3-9-15-37/h1-34H. The van der Waals surface area contributed by atoms with Gasteiger partial charge in [-0.05, 0) is 141 Å². The smallest absolute Gasteiger partial charge is 0.00987 e. The monoisotopic (exact) mass is 658 g/mol. The fraction of sp³-hybridized carbons (Fsp3) is 0. The highest BCUT2D eigenvalue weighted by Crippen LogP contribution is 2.38. The van der Waals surface area contributed by atoms with Crippen molar-refractivity contribution in [2.45, 2.75) is 0 Å². The summed E-state index contributed by atoms with van der Waals surface area (Å²) in [6.45, 7) is 0. The lowest BCUT2D eigenvalue weighted by molar-refractivity contribution is 1.57. The molecule has 0 fully saturated rings. The Kier molecular flexibility index (Phi) is 7.25. The maximum Gasteiger partial charge on any atom is -0.00987 e. The Labute approximate surface area is 303 Å². The van der Waals surface area contributed by atoms with Gasteiger partial charge in [0, 0.05) is 0 Å². The van der Waals surface area contributed by atoms with E-state index in [2.05, 4.69) is 206 Å². The van der Waals surface area contributed by atoms with Crippen LogP contribution in [0.2, 0.25) is 0 Å². The van der Waals surface area contributed by atoms with E-state index in [1.54, 1.807) is 0 Å². The molecule has 0 aliphatic heterocycles. The van der Waals surface area contributed by atoms with Gasteiger partial charge < -0.3 is 0 Å². The SMILES string of the molecule is c1ccc(-c2cc(-c3ccccc3)cc(-c3ccc4ccc5c6cc(-c7ccc8ccc(-c9ccccc9)cc8c7)ccc6ccc5c4c3)c2)cc1. The van der Waals surface area contributed by atoms with Crippen molar-refractivity contribution >= 4 is 43.1 Å². The molecule has 0 atom stereocenters. The molecule has 0 spiro atoms. The Morgan fingerprint density at radius 3 is 0.942 bits per heavy atom. The number of benzene rings is 10. The molecule has 0 N–H and O–H groups in total. The van der Waals surface area contributed by atoms with Crippen LogP contribution >= 0.6 is 0 Å². The minimum atomic E-state index is 1.22. The van der Waals surface area contributed by atoms with E-state index in [0.717, 1.165) is 0 Å². The normalized spacial score (nSPS) is 11.5. The number of hydrogen-bond acceptors (Lipinski definition) is 0. The summed E-state index contributed by atoms with van der Waals surface area (Å²) in [5.41, 5.74) is 12.3. The average molecular weight is 659 g/mol. The summed E-state index contributed by atoms with van der Waals surface area (Å²) in [7, 11) is 0. The molecule has 0 amide bonds. The fourth-order valence-corrected chi connectivity index (χ4v) is 7.85. The van der Waals surface area contributed by atoms with E-state index in [4.69, 9.17) is 0 Å². The lowest BCUT2D eigenvalue weighted by Gasteiger charge is -2.13. The molecule has 10 aromatic carbocycles. The second-order valence-electron chi connectivity index (χ2n) is 13.8. The zero-order valence-corrected chi connectivity index (χ0v) is 28.6. The van der Waals surface area contributed by atoms with Gasteiger partial charge in [-0.3, -0.25) is 0 Å². The molecule has 0 nitrogen and oxygen atoms in total. The van der Waals surface area contributed by atoms with Crippen LogP contribution in [0.15, 0.2) is 206 Å². The lowest BCUT2D eigenvalue weighted by atomic mass is 9.90. The van der Waals surface area contributed by atoms with Crippen molar-refractivity contribution < 1.29 is 0 Å². The van der Waals surface area contributed by atoms with Gasteiger partial charge in [0.1, 0.15) is 0 Å². The van der Waals surface area contributed by atoms with Crippen LogP contribution in [-0.4, -0.2) is 0 Å². The Morgan fingerprint density at radius 2 is 0.481 bits per heavy atom. The third kappa shape index (κ3) is 5.43. The van der Waals surface area contributed by atoms with E-state index < -0.39 is 0 Å². The molecule has 0 bridgehead atoms. The molecule has 10 rings (SSSR count). The Balaban J connectivity index is 1.10. The summed E-state index contributed by atoms with van der Waals surface area (Å²) in [5.74, 6) is 0. The lowest BCUT2D eigenvalue weighted by Crippen LogP contribution is -1.87. The summed E-state index contributed by atoms with van der Waals surface area (Å²) in [4.78, 5) is 0. The highest BCUT2D eigenvalue weighted by molar-refractivity contribution is 6.18. The van der Waals surface area contributed by atoms with Gasteiger partial charge in [0.05, 0.1) is 0 Å². The Bertz CT molecular complexity index is 2860. The largest absolute Gasteiger partial charge is 0.0622 e. The van der Waals surface area contributed by atoms with Gasteiger partial charge in [0.25, 0.3) is 0 Å². The first-order valence-electron chi connectivity index (χ1n) is 18.0. The summed E-state index contributed by atoms with van der Waals surface area (Å²) < 4.78 is 0. The van der Waals surface area contributed by atoms with E-state index in [-0.39, 0.29) is 0 Å². The van der Waals surface area contributed by atoms with Crippen LogP contribution in [0, 0.1) is 0 Å². The van der Waals surface area contributed by atoms with E-state index in [0.29, 0.717) is 0 Å². The van der Waals surface area contributed by atoms with E-state index in [1.807, 2.05) is 0 Å². The zero-order valence-electron chi connectivity index (χ0n) is 28.6. The molecule has 0 heteroatoms. The zero-order chi connectivity index (χ0) is 34.4. The summed E-state index contributed by atoms with van der Waals surface area (Å²) in [5, 5.41) is 10.1. The Hall–Kier alpha value is -6.76. The second kappa shape index (κ2) is 12.5. The van der Waals surface area contributed by atoms with E-state index in [9.17, 15) is 0 Å². The van der Waals surface area contributed by atoms with Crippen LogP contribution in [0.5, 0.6) is 0 Å². The topological polar surface area (TPSA) is 0 Å². The van der Waals surface area contributed by atoms with Crippen LogP contribution in [0.3, 0.4) is 0 Å². The third-order valence-electron chi connectivity index (χ3n) is 10.6. The van der Waals surface area contributed by atoms with Crippen molar-refractivity contribution in [2.24, 2.45) is 0 Å². The van der Waals surface area contributed by atoms with Crippen LogP contribution in [-0.2, 0) is 0 Å². The molecule has 0 unspecified atom stereocenters. The van der Waals surface area contributed by atoms with Crippen molar-refractivity contribution in [2.75, 3.05) is 0 Å². The van der Waals surface area contributed by atoms with Gasteiger partial charge in [-0.15, -0.1) is 0 Å². The summed E-state index contributed by atoms with van der Waals surface area (Å²) in [6, 6.07) is 75.6. The molecule has 0 saturated carbocycles. The number of hydrogen-bond donors (Lipinski definition) is 0. The minimum absolute atomic E-state index is 1.22. The molecule has 0 aromatic heterocycles. The predicted octanol–water partition coefficient (Wildman–Crippen LogP) is 14.6. The van der Waals surface area contributed by atoms with Crippen LogP contribution in [0.4, 0.5) is 0 Å². The highest BCUT2D eigenvalue weighted by atomic mass is 14.2. The van der Waals surface area contributed by atoms with Gasteiger partial charge >= 0.3 is 0 Å². The Morgan fingerprint density at radius 1 is 0.154 bits per heavy atom. The number of rotatable bonds is 5. The van der Waals surface area contributed by atoms with Gasteiger partial charge in [0.15, 0.2) is 0 Å². The molecule has 0 aliphatic rings. The van der Waals surface area contributed by atoms with Crippen molar-refractivity contribution in [1.82, 2.24) is 0 Å². The summed E-state index contributed by atoms with van der Waals surface area (Å²) in [6.07, 6.45) is 0. The molecule has 242 valence electrons. The predicted molar refractivity (Wildman–Crippen MR) is 224 cm³/mol. The van der Waals surface area contributed by atoms with Gasteiger partial charge in [0.2, 0.25) is 0 Å². The maximum absolute atomic E-state index is 2.39. The first kappa shape index (κ1) is 30.1. The molecular weight excluding hydrogens is 625 g/mol. The van der Waals surface area contributed by atoms with E-state index >= 15 is 0 Å². The second-order valence-corrected chi connectivity index (χ2v) is 13.8. The van der Waals surface area contributed by atoms with Gasteiger partial charge in [-0.25, -0.2) is 0 Å². The minimum Gasteiger partial charge on any atom is -0.0622 e. The average Bonchev–Trinajstić information content (AvgIpc) is 3.23. The molecule has 0 heterocycles. The third-order valence-corrected chi connectivity index (χ3v) is 10.6. The van der Waals surface area contributed by atoms with Crippen LogP contribution < -0.4 is 0 Å². The van der Waals surface area contributed by atoms with Crippen LogP contribution in [0.25, 0.3) is 98.7 Å². The van der Waals surface area contributed by atoms with E-state index in [1.165, 1.54) is 98.7 Å². The van der Waals surface area contributed by atoms with Gasteiger partial charge in [-0.2, -0.15) is 0 Å². The molecule has 0 aliphatic carbocycles. The molecular formula is C52H34. The maximum atomic E-state index is 2.39. The summed E-state index contributed by atoms with van der Waals surface area (Å²) >= 11 is 0. The molecule has 0 saturated heterocycles. The highest BCUT2D eigenvalue weighted by Gasteiger charge is 2.12. The molecule has 0 radical (unpaired) electrons. The van der Waals surface area contributed by atoms with Crippen LogP contribution in [0.1, 0.15) is 0 Å². The molecule has 52 heavy (non-hydrogen) atoms. The molecule has 10 aromatic rings. The van der Waals surface area contributed by atoms with Gasteiger partial charge in [-0.1, -0.05) is 164 Å². The van der Waals surface area contributed by atoms with Crippen molar-refractivity contribution in [3.63, 3.8) is 0 Å². The van der Waals surface area contributed by atoms with Crippen molar-refractivity contribution in [3.05, 3.63) is 206 Å². The first-order chi connectivity index (χ1) is 25.7. The fourth-order valence-electron chi connectivity index (χ4n) is 7.85. The quantitative estimate of drug-likeness (QED) is 0.161. The van der Waals surface area contributed by atoms with Crippen molar-refractivity contribution in [1.29, 1.82) is 0 Å². The van der Waals surface area contributed by atoms with Crippen molar-refractivity contribution in [3.8, 4) is 55.6 Å². The first-order valence-corrected chi connectivity index (χ1v) is 18.0. The number of fused-ring (bicyclic) bond motifs is 6.